The molecule has 0 saturated carbocycles. The van der Waals surface area contributed by atoms with Crippen molar-refractivity contribution in [2.75, 3.05) is 0 Å². The maximum Gasteiger partial charge on any atom is 0.261 e. The van der Waals surface area contributed by atoms with E-state index in [1.807, 2.05) is 5.51 Å². The molecule has 1 atom stereocenters. The lowest BCUT2D eigenvalue weighted by Crippen LogP contribution is -2.66. The van der Waals surface area contributed by atoms with Crippen molar-refractivity contribution in [3.05, 3.63) is 77.2 Å². The summed E-state index contributed by atoms with van der Waals surface area (Å²) in [7, 11) is -2.50. The Hall–Kier alpha value is -1.75. The highest BCUT2D eigenvalue weighted by Gasteiger charge is 2.51. The Kier molecular flexibility index (Phi) is 5.23. The predicted octanol–water partition coefficient (Wildman–Crippen LogP) is 4.78. The van der Waals surface area contributed by atoms with Gasteiger partial charge in [-0.3, -0.25) is 0 Å². The smallest absolute Gasteiger partial charge is 0.261 e. The first-order valence-electron chi connectivity index (χ1n) is 8.62. The van der Waals surface area contributed by atoms with E-state index in [2.05, 4.69) is 98.7 Å². The van der Waals surface area contributed by atoms with E-state index in [0.717, 1.165) is 5.69 Å². The molecular formula is C21H25NOSSi. The van der Waals surface area contributed by atoms with Crippen LogP contribution >= 0.6 is 11.3 Å². The zero-order valence-corrected chi connectivity index (χ0v) is 17.1. The summed E-state index contributed by atoms with van der Waals surface area (Å²) < 4.78 is 7.00. The zero-order chi connectivity index (χ0) is 17.9. The number of aromatic nitrogens is 1. The number of benzene rings is 2. The van der Waals surface area contributed by atoms with E-state index in [-0.39, 0.29) is 11.1 Å². The standard InChI is InChI=1S/C21H25NOSSi/c1-17(20-15-24-16-22-20)23-25(21(2,3)4,18-11-7-5-8-12-18)19-13-9-6-10-14-19/h5-17H,1-4H3. The van der Waals surface area contributed by atoms with Crippen LogP contribution in [-0.2, 0) is 4.43 Å². The molecule has 0 radical (unpaired) electrons. The average Bonchev–Trinajstić information content (AvgIpc) is 3.15. The van der Waals surface area contributed by atoms with E-state index in [1.54, 1.807) is 11.3 Å². The molecule has 2 nitrogen and oxygen atoms in total. The molecule has 0 aliphatic heterocycles. The van der Waals surface area contributed by atoms with Crippen molar-refractivity contribution in [1.29, 1.82) is 0 Å². The second-order valence-electron chi connectivity index (χ2n) is 7.34. The molecule has 3 aromatic rings. The fourth-order valence-electron chi connectivity index (χ4n) is 3.44. The highest BCUT2D eigenvalue weighted by molar-refractivity contribution is 7.07. The van der Waals surface area contributed by atoms with Crippen molar-refractivity contribution in [2.24, 2.45) is 0 Å². The summed E-state index contributed by atoms with van der Waals surface area (Å²) in [5.74, 6) is 0. The molecule has 1 aromatic heterocycles. The Balaban J connectivity index is 2.19. The first-order chi connectivity index (χ1) is 11.9. The third kappa shape index (κ3) is 3.47. The third-order valence-corrected chi connectivity index (χ3v) is 10.4. The summed E-state index contributed by atoms with van der Waals surface area (Å²) in [6.45, 7) is 9.02. The summed E-state index contributed by atoms with van der Waals surface area (Å²) in [6.07, 6.45) is -0.0439. The van der Waals surface area contributed by atoms with E-state index < -0.39 is 8.32 Å². The van der Waals surface area contributed by atoms with E-state index >= 15 is 0 Å². The number of thiazole rings is 1. The summed E-state index contributed by atoms with van der Waals surface area (Å²) in [4.78, 5) is 4.49. The van der Waals surface area contributed by atoms with Gasteiger partial charge in [0.25, 0.3) is 8.32 Å². The Morgan fingerprint density at radius 2 is 1.44 bits per heavy atom. The molecule has 1 unspecified atom stereocenters. The number of hydrogen-bond acceptors (Lipinski definition) is 3. The third-order valence-electron chi connectivity index (χ3n) is 4.64. The molecule has 130 valence electrons. The molecule has 25 heavy (non-hydrogen) atoms. The van der Waals surface area contributed by atoms with Gasteiger partial charge in [0.2, 0.25) is 0 Å². The number of hydrogen-bond donors (Lipinski definition) is 0. The molecule has 3 rings (SSSR count). The van der Waals surface area contributed by atoms with E-state index in [4.69, 9.17) is 4.43 Å². The second-order valence-corrected chi connectivity index (χ2v) is 12.3. The predicted molar refractivity (Wildman–Crippen MR) is 109 cm³/mol. The van der Waals surface area contributed by atoms with Gasteiger partial charge >= 0.3 is 0 Å². The van der Waals surface area contributed by atoms with Crippen molar-refractivity contribution in [3.8, 4) is 0 Å². The molecule has 2 aromatic carbocycles. The van der Waals surface area contributed by atoms with E-state index in [1.165, 1.54) is 10.4 Å². The molecule has 0 spiro atoms. The molecule has 0 amide bonds. The van der Waals surface area contributed by atoms with Crippen LogP contribution in [-0.4, -0.2) is 13.3 Å². The molecular weight excluding hydrogens is 342 g/mol. The Morgan fingerprint density at radius 3 is 1.84 bits per heavy atom. The van der Waals surface area contributed by atoms with Crippen LogP contribution in [0.15, 0.2) is 71.6 Å². The SMILES string of the molecule is CC(O[Si](c1ccccc1)(c1ccccc1)C(C)(C)C)c1cscn1. The van der Waals surface area contributed by atoms with Crippen LogP contribution in [0.3, 0.4) is 0 Å². The summed E-state index contributed by atoms with van der Waals surface area (Å²) >= 11 is 1.62. The Bertz CT molecular complexity index is 742. The van der Waals surface area contributed by atoms with Gasteiger partial charge < -0.3 is 4.43 Å². The molecule has 1 heterocycles. The number of nitrogens with zero attached hydrogens (tertiary/aromatic N) is 1. The van der Waals surface area contributed by atoms with Crippen molar-refractivity contribution >= 4 is 30.0 Å². The van der Waals surface area contributed by atoms with Crippen molar-refractivity contribution < 1.29 is 4.43 Å². The van der Waals surface area contributed by atoms with E-state index in [0.29, 0.717) is 0 Å². The lowest BCUT2D eigenvalue weighted by atomic mass is 10.2. The first-order valence-corrected chi connectivity index (χ1v) is 11.5. The van der Waals surface area contributed by atoms with Crippen LogP contribution in [0.5, 0.6) is 0 Å². The van der Waals surface area contributed by atoms with Crippen LogP contribution in [0.25, 0.3) is 0 Å². The van der Waals surface area contributed by atoms with Gasteiger partial charge in [0.1, 0.15) is 0 Å². The minimum Gasteiger partial charge on any atom is -0.399 e. The summed E-state index contributed by atoms with van der Waals surface area (Å²) in [5.41, 5.74) is 2.89. The van der Waals surface area contributed by atoms with Gasteiger partial charge in [-0.1, -0.05) is 81.4 Å². The lowest BCUT2D eigenvalue weighted by molar-refractivity contribution is 0.207. The van der Waals surface area contributed by atoms with Crippen molar-refractivity contribution in [3.63, 3.8) is 0 Å². The molecule has 0 fully saturated rings. The normalized spacial score (nSPS) is 13.6. The average molecular weight is 368 g/mol. The minimum atomic E-state index is -2.50. The van der Waals surface area contributed by atoms with E-state index in [9.17, 15) is 0 Å². The molecule has 0 N–H and O–H groups in total. The lowest BCUT2D eigenvalue weighted by Gasteiger charge is -2.44. The zero-order valence-electron chi connectivity index (χ0n) is 15.3. The molecule has 4 heteroatoms. The minimum absolute atomic E-state index is 0.0139. The Labute approximate surface area is 155 Å². The van der Waals surface area contributed by atoms with Gasteiger partial charge in [-0.25, -0.2) is 4.98 Å². The second kappa shape index (κ2) is 7.24. The molecule has 0 aliphatic carbocycles. The fourth-order valence-corrected chi connectivity index (χ4v) is 8.74. The van der Waals surface area contributed by atoms with Crippen LogP contribution in [0.1, 0.15) is 39.5 Å². The molecule has 0 aliphatic rings. The highest BCUT2D eigenvalue weighted by atomic mass is 32.1. The fraction of sp³-hybridized carbons (Fsp3) is 0.286. The highest BCUT2D eigenvalue weighted by Crippen LogP contribution is 2.39. The van der Waals surface area contributed by atoms with Gasteiger partial charge in [-0.15, -0.1) is 11.3 Å². The van der Waals surface area contributed by atoms with Gasteiger partial charge in [0.15, 0.2) is 0 Å². The van der Waals surface area contributed by atoms with Crippen LogP contribution in [0, 0.1) is 0 Å². The van der Waals surface area contributed by atoms with Crippen LogP contribution < -0.4 is 10.4 Å². The first kappa shape index (κ1) is 18.1. The Morgan fingerprint density at radius 1 is 0.920 bits per heavy atom. The van der Waals surface area contributed by atoms with Crippen LogP contribution in [0.2, 0.25) is 5.04 Å². The van der Waals surface area contributed by atoms with Gasteiger partial charge in [-0.05, 0) is 22.3 Å². The van der Waals surface area contributed by atoms with Gasteiger partial charge in [0, 0.05) is 5.38 Å². The largest absolute Gasteiger partial charge is 0.399 e. The maximum atomic E-state index is 7.00. The maximum absolute atomic E-state index is 7.00. The monoisotopic (exact) mass is 367 g/mol. The van der Waals surface area contributed by atoms with Gasteiger partial charge in [-0.2, -0.15) is 0 Å². The topological polar surface area (TPSA) is 22.1 Å². The van der Waals surface area contributed by atoms with Crippen molar-refractivity contribution in [1.82, 2.24) is 4.98 Å². The van der Waals surface area contributed by atoms with Gasteiger partial charge in [0.05, 0.1) is 17.3 Å². The van der Waals surface area contributed by atoms with Crippen LogP contribution in [0.4, 0.5) is 0 Å². The molecule has 0 saturated heterocycles. The summed E-state index contributed by atoms with van der Waals surface area (Å²) in [5, 5.41) is 4.68. The molecule has 0 bridgehead atoms. The van der Waals surface area contributed by atoms with Crippen molar-refractivity contribution in [2.45, 2.75) is 38.8 Å². The quantitative estimate of drug-likeness (QED) is 0.605. The number of rotatable bonds is 5. The summed E-state index contributed by atoms with van der Waals surface area (Å²) in [6, 6.07) is 21.5.